The van der Waals surface area contributed by atoms with Gasteiger partial charge in [-0.05, 0) is 91.1 Å². The minimum absolute atomic E-state index is 0.0757. The Bertz CT molecular complexity index is 2250. The molecule has 5 heterocycles. The average molecular weight is 759 g/mol. The van der Waals surface area contributed by atoms with Crippen molar-refractivity contribution in [2.75, 3.05) is 70.0 Å². The lowest BCUT2D eigenvalue weighted by atomic mass is 9.92. The van der Waals surface area contributed by atoms with Crippen LogP contribution in [0.1, 0.15) is 43.1 Å². The summed E-state index contributed by atoms with van der Waals surface area (Å²) in [5, 5.41) is 10.1. The number of hydrogen-bond donors (Lipinski definition) is 1. The molecular weight excluding hydrogens is 712 g/mol. The van der Waals surface area contributed by atoms with Crippen LogP contribution in [0.5, 0.6) is 5.75 Å². The Morgan fingerprint density at radius 3 is 2.48 bits per heavy atom. The number of nitrogens with zero attached hydrogens (tertiary/aromatic N) is 6. The fourth-order valence-electron chi connectivity index (χ4n) is 8.34. The number of aromatic hydroxyl groups is 1. The van der Waals surface area contributed by atoms with E-state index in [-0.39, 0.29) is 23.6 Å². The summed E-state index contributed by atoms with van der Waals surface area (Å²) in [4.78, 5) is 42.6. The third-order valence-electron chi connectivity index (χ3n) is 11.4. The van der Waals surface area contributed by atoms with Gasteiger partial charge < -0.3 is 28.9 Å². The highest BCUT2D eigenvalue weighted by Gasteiger charge is 2.35. The predicted molar refractivity (Wildman–Crippen MR) is 213 cm³/mol. The van der Waals surface area contributed by atoms with Crippen LogP contribution in [-0.4, -0.2) is 102 Å². The molecule has 1 fully saturated rings. The van der Waals surface area contributed by atoms with E-state index in [2.05, 4.69) is 21.9 Å². The van der Waals surface area contributed by atoms with Gasteiger partial charge in [0.2, 0.25) is 0 Å². The SMILES string of the molecule is COCCn1c(-c2cc(F)ccc2C(=O)N2Cc3ccccc3C[C@H]2CN2CCOCC2)cc(C(=O)N(c2ccc(O)cc2)c2cnc3c(c2)CCN3C)c1C. The molecule has 1 saturated heterocycles. The Morgan fingerprint density at radius 1 is 0.946 bits per heavy atom. The summed E-state index contributed by atoms with van der Waals surface area (Å²) in [6.45, 7) is 7.40. The minimum atomic E-state index is -0.490. The summed E-state index contributed by atoms with van der Waals surface area (Å²) in [6.07, 6.45) is 3.20. The molecule has 0 aliphatic carbocycles. The Morgan fingerprint density at radius 2 is 1.71 bits per heavy atom. The number of phenols is 1. The van der Waals surface area contributed by atoms with Crippen LogP contribution in [0.3, 0.4) is 0 Å². The Labute approximate surface area is 326 Å². The van der Waals surface area contributed by atoms with Crippen molar-refractivity contribution in [3.63, 3.8) is 0 Å². The van der Waals surface area contributed by atoms with Crippen molar-refractivity contribution in [1.82, 2.24) is 19.4 Å². The number of rotatable bonds is 10. The number of halogens is 1. The Balaban J connectivity index is 1.21. The van der Waals surface area contributed by atoms with E-state index in [0.29, 0.717) is 85.3 Å². The molecule has 8 rings (SSSR count). The molecule has 11 nitrogen and oxygen atoms in total. The maximum absolute atomic E-state index is 15.4. The lowest BCUT2D eigenvalue weighted by Gasteiger charge is -2.40. The maximum Gasteiger partial charge on any atom is 0.264 e. The van der Waals surface area contributed by atoms with Crippen molar-refractivity contribution in [1.29, 1.82) is 0 Å². The fourth-order valence-corrected chi connectivity index (χ4v) is 8.34. The lowest BCUT2D eigenvalue weighted by molar-refractivity contribution is 0.0193. The Hall–Kier alpha value is -5.56. The molecule has 3 aliphatic heterocycles. The molecule has 0 spiro atoms. The van der Waals surface area contributed by atoms with Gasteiger partial charge in [-0.3, -0.25) is 19.4 Å². The molecule has 0 unspecified atom stereocenters. The number of amides is 2. The molecule has 1 atom stereocenters. The van der Waals surface area contributed by atoms with Crippen LogP contribution in [0.15, 0.2) is 85.1 Å². The molecule has 1 N–H and O–H groups in total. The van der Waals surface area contributed by atoms with E-state index in [1.54, 1.807) is 54.6 Å². The zero-order chi connectivity index (χ0) is 38.9. The van der Waals surface area contributed by atoms with Crippen LogP contribution in [0, 0.1) is 12.7 Å². The smallest absolute Gasteiger partial charge is 0.264 e. The molecule has 0 radical (unpaired) electrons. The molecule has 0 bridgehead atoms. The molecule has 12 heteroatoms. The second-order valence-corrected chi connectivity index (χ2v) is 14.8. The number of hydrogen-bond acceptors (Lipinski definition) is 8. The van der Waals surface area contributed by atoms with Gasteiger partial charge in [0.15, 0.2) is 0 Å². The number of morpholine rings is 1. The number of anilines is 3. The summed E-state index contributed by atoms with van der Waals surface area (Å²) in [5.74, 6) is -0.0651. The summed E-state index contributed by atoms with van der Waals surface area (Å²) in [7, 11) is 3.60. The minimum Gasteiger partial charge on any atom is -0.508 e. The van der Waals surface area contributed by atoms with Gasteiger partial charge in [0.05, 0.1) is 43.0 Å². The Kier molecular flexibility index (Phi) is 10.6. The highest BCUT2D eigenvalue weighted by molar-refractivity contribution is 6.12. The first kappa shape index (κ1) is 37.4. The molecule has 0 saturated carbocycles. The van der Waals surface area contributed by atoms with Gasteiger partial charge in [0.1, 0.15) is 17.4 Å². The number of methoxy groups -OCH3 is 1. The van der Waals surface area contributed by atoms with Crippen molar-refractivity contribution < 1.29 is 28.6 Å². The van der Waals surface area contributed by atoms with Crippen molar-refractivity contribution >= 4 is 29.0 Å². The van der Waals surface area contributed by atoms with Gasteiger partial charge in [-0.25, -0.2) is 9.37 Å². The van der Waals surface area contributed by atoms with Gasteiger partial charge in [-0.15, -0.1) is 0 Å². The number of likely N-dealkylation sites (N-methyl/N-ethyl adjacent to an activating group) is 1. The van der Waals surface area contributed by atoms with Crippen molar-refractivity contribution in [2.24, 2.45) is 0 Å². The number of carbonyl (C=O) groups excluding carboxylic acids is 2. The lowest BCUT2D eigenvalue weighted by Crippen LogP contribution is -2.52. The number of pyridine rings is 1. The standard InChI is InChI=1S/C44H47FN6O5/c1-29-39(44(54)51(34-9-11-37(52)12-10-34)35-23-31-14-15-47(2)42(31)46-26-35)25-41(49(29)18-19-55-3)40-24-33(45)8-13-38(40)43(53)50-27-32-7-5-4-6-30(32)22-36(50)28-48-16-20-56-21-17-48/h4-13,23-26,36,52H,14-22,27-28H2,1-3H3/t36-/m0/s1. The van der Waals surface area contributed by atoms with Crippen molar-refractivity contribution in [3.05, 3.63) is 124 Å². The molecular formula is C44H47FN6O5. The number of ether oxygens (including phenoxy) is 2. The molecule has 3 aliphatic rings. The molecule has 56 heavy (non-hydrogen) atoms. The normalized spacial score (nSPS) is 16.8. The molecule has 2 amide bonds. The van der Waals surface area contributed by atoms with E-state index in [1.165, 1.54) is 17.7 Å². The largest absolute Gasteiger partial charge is 0.508 e. The number of aromatic nitrogens is 2. The predicted octanol–water partition coefficient (Wildman–Crippen LogP) is 6.22. The second-order valence-electron chi connectivity index (χ2n) is 14.8. The monoisotopic (exact) mass is 758 g/mol. The maximum atomic E-state index is 15.4. The first-order valence-corrected chi connectivity index (χ1v) is 19.2. The summed E-state index contributed by atoms with van der Waals surface area (Å²) in [6, 6.07) is 22.7. The van der Waals surface area contributed by atoms with E-state index >= 15 is 4.39 Å². The summed E-state index contributed by atoms with van der Waals surface area (Å²) < 4.78 is 28.5. The van der Waals surface area contributed by atoms with E-state index in [9.17, 15) is 14.7 Å². The van der Waals surface area contributed by atoms with E-state index in [1.807, 2.05) is 41.6 Å². The average Bonchev–Trinajstić information content (AvgIpc) is 3.75. The third-order valence-corrected chi connectivity index (χ3v) is 11.4. The number of carbonyl (C=O) groups is 2. The number of benzene rings is 3. The van der Waals surface area contributed by atoms with E-state index in [0.717, 1.165) is 43.0 Å². The molecule has 290 valence electrons. The first-order chi connectivity index (χ1) is 27.2. The van der Waals surface area contributed by atoms with Crippen LogP contribution in [-0.2, 0) is 35.4 Å². The first-order valence-electron chi connectivity index (χ1n) is 19.2. The third kappa shape index (κ3) is 7.27. The van der Waals surface area contributed by atoms with E-state index in [4.69, 9.17) is 14.5 Å². The fraction of sp³-hybridized carbons (Fsp3) is 0.341. The van der Waals surface area contributed by atoms with E-state index < -0.39 is 5.82 Å². The molecule has 3 aromatic carbocycles. The van der Waals surface area contributed by atoms with Crippen LogP contribution < -0.4 is 9.80 Å². The quantitative estimate of drug-likeness (QED) is 0.179. The van der Waals surface area contributed by atoms with Crippen LogP contribution >= 0.6 is 0 Å². The van der Waals surface area contributed by atoms with Gasteiger partial charge in [-0.2, -0.15) is 0 Å². The van der Waals surface area contributed by atoms with Gasteiger partial charge in [0.25, 0.3) is 11.8 Å². The molecule has 5 aromatic rings. The van der Waals surface area contributed by atoms with Crippen LogP contribution in [0.2, 0.25) is 0 Å². The van der Waals surface area contributed by atoms with Gasteiger partial charge in [0, 0.05) is 82.0 Å². The van der Waals surface area contributed by atoms with Crippen molar-refractivity contribution in [2.45, 2.75) is 38.9 Å². The zero-order valence-electron chi connectivity index (χ0n) is 32.1. The van der Waals surface area contributed by atoms with Crippen LogP contribution in [0.25, 0.3) is 11.3 Å². The summed E-state index contributed by atoms with van der Waals surface area (Å²) >= 11 is 0. The second kappa shape index (κ2) is 15.9. The number of fused-ring (bicyclic) bond motifs is 2. The number of phenolic OH excluding ortho intramolecular Hbond substituents is 1. The van der Waals surface area contributed by atoms with Gasteiger partial charge in [-0.1, -0.05) is 24.3 Å². The van der Waals surface area contributed by atoms with Gasteiger partial charge >= 0.3 is 0 Å². The topological polar surface area (TPSA) is 104 Å². The van der Waals surface area contributed by atoms with Crippen molar-refractivity contribution in [3.8, 4) is 17.0 Å². The molecule has 2 aromatic heterocycles. The summed E-state index contributed by atoms with van der Waals surface area (Å²) in [5.41, 5.74) is 6.79. The zero-order valence-corrected chi connectivity index (χ0v) is 32.1. The highest BCUT2D eigenvalue weighted by Crippen LogP contribution is 2.37. The highest BCUT2D eigenvalue weighted by atomic mass is 19.1. The van der Waals surface area contributed by atoms with Crippen LogP contribution in [0.4, 0.5) is 21.6 Å².